The minimum Gasteiger partial charge on any atom is -0.497 e. The van der Waals surface area contributed by atoms with Crippen LogP contribution in [0, 0.1) is 0 Å². The Morgan fingerprint density at radius 2 is 1.95 bits per heavy atom. The molecule has 192 valence electrons. The molecule has 2 aromatic carbocycles. The van der Waals surface area contributed by atoms with E-state index in [2.05, 4.69) is 5.32 Å². The van der Waals surface area contributed by atoms with Crippen LogP contribution in [0.4, 0.5) is 0 Å². The second-order valence-electron chi connectivity index (χ2n) is 10.0. The van der Waals surface area contributed by atoms with Gasteiger partial charge in [0, 0.05) is 36.0 Å². The fraction of sp³-hybridized carbons (Fsp3) is 0.357. The summed E-state index contributed by atoms with van der Waals surface area (Å²) < 4.78 is 11.3. The molecule has 9 heteroatoms. The summed E-state index contributed by atoms with van der Waals surface area (Å²) in [6.45, 7) is 1.12. The first-order valence-corrected chi connectivity index (χ1v) is 12.2. The lowest BCUT2D eigenvalue weighted by atomic mass is 9.82. The zero-order valence-corrected chi connectivity index (χ0v) is 21.1. The number of furan rings is 1. The maximum absolute atomic E-state index is 13.2. The summed E-state index contributed by atoms with van der Waals surface area (Å²) in [6, 6.07) is 12.2. The number of carbonyl (C=O) groups excluding carboxylic acids is 4. The summed E-state index contributed by atoms with van der Waals surface area (Å²) in [7, 11) is 5.47. The van der Waals surface area contributed by atoms with Crippen molar-refractivity contribution >= 4 is 34.5 Å². The number of hydrogen-bond acceptors (Lipinski definition) is 7. The van der Waals surface area contributed by atoms with Crippen molar-refractivity contribution in [3.05, 3.63) is 64.9 Å². The van der Waals surface area contributed by atoms with Gasteiger partial charge in [0.1, 0.15) is 22.5 Å². The van der Waals surface area contributed by atoms with Gasteiger partial charge in [-0.1, -0.05) is 6.07 Å². The number of methoxy groups -OCH3 is 1. The Kier molecular flexibility index (Phi) is 6.33. The number of Topliss-reactive ketones (excluding diaryl/α,β-unsaturated/α-hetero) is 1. The third-order valence-corrected chi connectivity index (χ3v) is 7.13. The van der Waals surface area contributed by atoms with Gasteiger partial charge in [-0.25, -0.2) is 0 Å². The van der Waals surface area contributed by atoms with Crippen molar-refractivity contribution in [1.29, 1.82) is 0 Å². The first kappa shape index (κ1) is 24.7. The van der Waals surface area contributed by atoms with Crippen LogP contribution >= 0.6 is 0 Å². The Labute approximate surface area is 214 Å². The smallest absolute Gasteiger partial charge is 0.254 e. The van der Waals surface area contributed by atoms with E-state index in [9.17, 15) is 19.2 Å². The summed E-state index contributed by atoms with van der Waals surface area (Å²) in [4.78, 5) is 55.1. The predicted molar refractivity (Wildman–Crippen MR) is 136 cm³/mol. The normalized spacial score (nSPS) is 19.1. The van der Waals surface area contributed by atoms with Crippen LogP contribution in [0.15, 0.2) is 46.9 Å². The van der Waals surface area contributed by atoms with Crippen LogP contribution < -0.4 is 10.1 Å². The second-order valence-corrected chi connectivity index (χ2v) is 10.0. The lowest BCUT2D eigenvalue weighted by molar-refractivity contribution is -0.127. The highest BCUT2D eigenvalue weighted by Gasteiger charge is 2.53. The zero-order chi connectivity index (χ0) is 26.3. The van der Waals surface area contributed by atoms with Gasteiger partial charge in [0.25, 0.3) is 5.91 Å². The van der Waals surface area contributed by atoms with Crippen molar-refractivity contribution in [3.63, 3.8) is 0 Å². The SMILES string of the molecule is COc1ccc2c(c1)C(=O)N(C[C@@]1(c3cc4cc(C(=O)CCCN(C)C)ccc4o3)CC(=O)NC1=O)C2. The Morgan fingerprint density at radius 1 is 1.14 bits per heavy atom. The Hall–Kier alpha value is -3.98. The van der Waals surface area contributed by atoms with E-state index >= 15 is 0 Å². The first-order valence-electron chi connectivity index (χ1n) is 12.2. The fourth-order valence-corrected chi connectivity index (χ4v) is 5.12. The number of amides is 3. The van der Waals surface area contributed by atoms with Gasteiger partial charge in [0.05, 0.1) is 13.5 Å². The van der Waals surface area contributed by atoms with Crippen molar-refractivity contribution in [3.8, 4) is 5.75 Å². The van der Waals surface area contributed by atoms with E-state index < -0.39 is 17.2 Å². The van der Waals surface area contributed by atoms with Crippen LogP contribution in [0.1, 0.15) is 51.3 Å². The van der Waals surface area contributed by atoms with Gasteiger partial charge in [0.2, 0.25) is 11.8 Å². The van der Waals surface area contributed by atoms with Gasteiger partial charge in [-0.05, 0) is 69.0 Å². The van der Waals surface area contributed by atoms with E-state index in [0.717, 1.165) is 18.5 Å². The number of hydrogen-bond donors (Lipinski definition) is 1. The number of carbonyl (C=O) groups is 4. The molecule has 2 aliphatic heterocycles. The maximum atomic E-state index is 13.2. The molecule has 0 radical (unpaired) electrons. The van der Waals surface area contributed by atoms with E-state index in [1.165, 1.54) is 7.11 Å². The molecule has 0 aliphatic carbocycles. The van der Waals surface area contributed by atoms with E-state index in [4.69, 9.17) is 9.15 Å². The molecule has 0 saturated carbocycles. The van der Waals surface area contributed by atoms with Crippen molar-refractivity contribution in [2.75, 3.05) is 34.3 Å². The van der Waals surface area contributed by atoms with Crippen LogP contribution in [-0.2, 0) is 21.5 Å². The second kappa shape index (κ2) is 9.48. The minimum absolute atomic E-state index is 0.0173. The lowest BCUT2D eigenvalue weighted by Gasteiger charge is -2.28. The highest BCUT2D eigenvalue weighted by atomic mass is 16.5. The molecule has 0 spiro atoms. The number of benzene rings is 2. The molecule has 1 saturated heterocycles. The number of ether oxygens (including phenoxy) is 1. The molecule has 37 heavy (non-hydrogen) atoms. The Morgan fingerprint density at radius 3 is 2.65 bits per heavy atom. The third-order valence-electron chi connectivity index (χ3n) is 7.13. The standard InChI is InChI=1S/C28H29N3O6/c1-30(2)10-4-5-22(32)17-7-9-23-19(11-17)12-24(37-23)28(14-25(33)29-27(28)35)16-31-15-18-6-8-20(36-3)13-21(18)26(31)34/h6-9,11-13H,4-5,10,14-16H2,1-3H3,(H,29,33,35)/t28-/m1/s1. The molecule has 3 aromatic rings. The number of ketones is 1. The molecule has 5 rings (SSSR count). The van der Waals surface area contributed by atoms with Gasteiger partial charge >= 0.3 is 0 Å². The Bertz CT molecular complexity index is 1420. The average molecular weight is 504 g/mol. The first-order chi connectivity index (χ1) is 17.7. The molecule has 1 N–H and O–H groups in total. The van der Waals surface area contributed by atoms with E-state index in [1.807, 2.05) is 25.1 Å². The Balaban J connectivity index is 1.44. The summed E-state index contributed by atoms with van der Waals surface area (Å²) >= 11 is 0. The van der Waals surface area contributed by atoms with Crippen molar-refractivity contribution in [2.24, 2.45) is 0 Å². The van der Waals surface area contributed by atoms with Crippen molar-refractivity contribution in [2.45, 2.75) is 31.2 Å². The minimum atomic E-state index is -1.37. The van der Waals surface area contributed by atoms with E-state index in [0.29, 0.717) is 46.6 Å². The maximum Gasteiger partial charge on any atom is 0.254 e. The van der Waals surface area contributed by atoms with Crippen molar-refractivity contribution in [1.82, 2.24) is 15.1 Å². The predicted octanol–water partition coefficient (Wildman–Crippen LogP) is 2.91. The number of fused-ring (bicyclic) bond motifs is 2. The number of imide groups is 1. The molecule has 1 aromatic heterocycles. The highest BCUT2D eigenvalue weighted by Crippen LogP contribution is 2.39. The van der Waals surface area contributed by atoms with Gasteiger partial charge in [0.15, 0.2) is 5.78 Å². The van der Waals surface area contributed by atoms with Crippen LogP contribution in [0.5, 0.6) is 5.75 Å². The van der Waals surface area contributed by atoms with E-state index in [-0.39, 0.29) is 24.7 Å². The monoisotopic (exact) mass is 503 g/mol. The van der Waals surface area contributed by atoms with Crippen LogP contribution in [-0.4, -0.2) is 67.6 Å². The largest absolute Gasteiger partial charge is 0.497 e. The summed E-state index contributed by atoms with van der Waals surface area (Å²) in [5, 5.41) is 3.05. The highest BCUT2D eigenvalue weighted by molar-refractivity contribution is 6.10. The summed E-state index contributed by atoms with van der Waals surface area (Å²) in [5.74, 6) is -0.259. The van der Waals surface area contributed by atoms with Gasteiger partial charge in [-0.3, -0.25) is 24.5 Å². The molecular weight excluding hydrogens is 474 g/mol. The molecule has 3 heterocycles. The number of nitrogens with one attached hydrogen (secondary N) is 1. The fourth-order valence-electron chi connectivity index (χ4n) is 5.12. The molecule has 2 aliphatic rings. The summed E-state index contributed by atoms with van der Waals surface area (Å²) in [6.07, 6.45) is 1.05. The zero-order valence-electron chi connectivity index (χ0n) is 21.1. The summed E-state index contributed by atoms with van der Waals surface area (Å²) in [5.41, 5.74) is 1.05. The topological polar surface area (TPSA) is 109 Å². The molecule has 0 unspecified atom stereocenters. The molecule has 9 nitrogen and oxygen atoms in total. The van der Waals surface area contributed by atoms with E-state index in [1.54, 1.807) is 41.3 Å². The molecular formula is C28H29N3O6. The van der Waals surface area contributed by atoms with Gasteiger partial charge < -0.3 is 19.0 Å². The van der Waals surface area contributed by atoms with Crippen LogP contribution in [0.3, 0.4) is 0 Å². The van der Waals surface area contributed by atoms with Gasteiger partial charge in [-0.2, -0.15) is 0 Å². The average Bonchev–Trinajstić information content (AvgIpc) is 3.52. The molecule has 3 amide bonds. The number of rotatable bonds is 9. The molecule has 0 bridgehead atoms. The molecule has 1 atom stereocenters. The van der Waals surface area contributed by atoms with Crippen LogP contribution in [0.25, 0.3) is 11.0 Å². The quantitative estimate of drug-likeness (QED) is 0.353. The van der Waals surface area contributed by atoms with Gasteiger partial charge in [-0.15, -0.1) is 0 Å². The van der Waals surface area contributed by atoms with Crippen molar-refractivity contribution < 1.29 is 28.3 Å². The number of nitrogens with zero attached hydrogens (tertiary/aromatic N) is 2. The third kappa shape index (κ3) is 4.51. The lowest BCUT2D eigenvalue weighted by Crippen LogP contribution is -2.46. The molecule has 1 fully saturated rings. The van der Waals surface area contributed by atoms with Crippen LogP contribution in [0.2, 0.25) is 0 Å².